The fourth-order valence-corrected chi connectivity index (χ4v) is 2.33. The van der Waals surface area contributed by atoms with Gasteiger partial charge in [-0.2, -0.15) is 0 Å². The van der Waals surface area contributed by atoms with Crippen molar-refractivity contribution in [3.8, 4) is 17.2 Å². The number of nitrogens with two attached hydrogens (primary N) is 1. The van der Waals surface area contributed by atoms with E-state index in [0.29, 0.717) is 18.9 Å². The summed E-state index contributed by atoms with van der Waals surface area (Å²) in [7, 11) is 0. The summed E-state index contributed by atoms with van der Waals surface area (Å²) in [5.74, 6) is 2.61. The summed E-state index contributed by atoms with van der Waals surface area (Å²) >= 11 is 0. The van der Waals surface area contributed by atoms with E-state index in [1.54, 1.807) is 12.1 Å². The number of fused-ring (bicyclic) bond motifs is 2. The molecule has 2 aromatic carbocycles. The summed E-state index contributed by atoms with van der Waals surface area (Å²) < 4.78 is 16.0. The molecule has 0 bridgehead atoms. The maximum absolute atomic E-state index is 5.55. The fraction of sp³-hybridized carbons (Fsp3) is 0.429. The van der Waals surface area contributed by atoms with Crippen LogP contribution in [0.15, 0.2) is 36.4 Å². The van der Waals surface area contributed by atoms with Gasteiger partial charge in [-0.15, -0.1) is 0 Å². The van der Waals surface area contributed by atoms with Gasteiger partial charge in [0.05, 0.1) is 6.61 Å². The van der Waals surface area contributed by atoms with Gasteiger partial charge >= 0.3 is 0 Å². The van der Waals surface area contributed by atoms with Crippen molar-refractivity contribution < 1.29 is 14.2 Å². The molecule has 2 aromatic rings. The molecular formula is C21H31NO3. The molecule has 0 atom stereocenters. The van der Waals surface area contributed by atoms with E-state index in [2.05, 4.69) is 25.1 Å². The molecule has 0 radical (unpaired) electrons. The standard InChI is InChI=1S/C9H10O.C8H9NO2.2C2H6/c1-7-2-3-8-4-5-10-9(8)6-7;9-6-1-2-7-8(5-6)11-4-3-10-7;2*1-2/h2-3,6H,4-5H2,1H3;1-2,5H,3-4,9H2;2*1-2H3. The number of rotatable bonds is 0. The van der Waals surface area contributed by atoms with Crippen LogP contribution in [0.25, 0.3) is 0 Å². The molecule has 138 valence electrons. The van der Waals surface area contributed by atoms with Crippen molar-refractivity contribution in [2.45, 2.75) is 41.0 Å². The summed E-state index contributed by atoms with van der Waals surface area (Å²) in [6.45, 7) is 12.2. The van der Waals surface area contributed by atoms with Crippen molar-refractivity contribution in [2.24, 2.45) is 0 Å². The Morgan fingerprint density at radius 2 is 1.36 bits per heavy atom. The summed E-state index contributed by atoms with van der Waals surface area (Å²) in [6, 6.07) is 11.8. The van der Waals surface area contributed by atoms with Crippen LogP contribution < -0.4 is 19.9 Å². The maximum Gasteiger partial charge on any atom is 0.163 e. The van der Waals surface area contributed by atoms with E-state index in [9.17, 15) is 0 Å². The molecule has 0 unspecified atom stereocenters. The molecule has 4 heteroatoms. The monoisotopic (exact) mass is 345 g/mol. The van der Waals surface area contributed by atoms with Crippen LogP contribution in [-0.4, -0.2) is 19.8 Å². The number of nitrogen functional groups attached to an aromatic ring is 1. The Bertz CT molecular complexity index is 641. The maximum atomic E-state index is 5.55. The molecule has 0 fully saturated rings. The highest BCUT2D eigenvalue weighted by Gasteiger charge is 2.10. The molecular weight excluding hydrogens is 314 g/mol. The lowest BCUT2D eigenvalue weighted by Gasteiger charge is -2.17. The van der Waals surface area contributed by atoms with Crippen LogP contribution in [0.3, 0.4) is 0 Å². The lowest BCUT2D eigenvalue weighted by atomic mass is 10.1. The van der Waals surface area contributed by atoms with Crippen molar-refractivity contribution in [1.82, 2.24) is 0 Å². The van der Waals surface area contributed by atoms with Gasteiger partial charge in [0.2, 0.25) is 0 Å². The molecule has 2 heterocycles. The van der Waals surface area contributed by atoms with Gasteiger partial charge in [0.25, 0.3) is 0 Å². The van der Waals surface area contributed by atoms with Crippen LogP contribution in [-0.2, 0) is 6.42 Å². The van der Waals surface area contributed by atoms with Crippen LogP contribution >= 0.6 is 0 Å². The van der Waals surface area contributed by atoms with Crippen LogP contribution in [0.5, 0.6) is 17.2 Å². The van der Waals surface area contributed by atoms with Gasteiger partial charge in [-0.1, -0.05) is 39.8 Å². The number of aryl methyl sites for hydroxylation is 1. The number of benzene rings is 2. The first-order valence-corrected chi connectivity index (χ1v) is 9.10. The second-order valence-corrected chi connectivity index (χ2v) is 5.11. The third-order valence-electron chi connectivity index (χ3n) is 3.42. The van der Waals surface area contributed by atoms with Gasteiger partial charge in [0.15, 0.2) is 11.5 Å². The molecule has 0 saturated heterocycles. The molecule has 0 amide bonds. The molecule has 0 aromatic heterocycles. The van der Waals surface area contributed by atoms with Gasteiger partial charge in [0.1, 0.15) is 19.0 Å². The number of hydrogen-bond donors (Lipinski definition) is 1. The van der Waals surface area contributed by atoms with Gasteiger partial charge < -0.3 is 19.9 Å². The Hall–Kier alpha value is -2.36. The SMILES string of the molecule is CC.CC.Cc1ccc2c(c1)OCC2.Nc1ccc2c(c1)OCCO2. The van der Waals surface area contributed by atoms with Crippen LogP contribution in [0.4, 0.5) is 5.69 Å². The van der Waals surface area contributed by atoms with Crippen LogP contribution in [0.1, 0.15) is 38.8 Å². The first-order valence-electron chi connectivity index (χ1n) is 9.10. The second-order valence-electron chi connectivity index (χ2n) is 5.11. The van der Waals surface area contributed by atoms with E-state index in [1.165, 1.54) is 11.1 Å². The summed E-state index contributed by atoms with van der Waals surface area (Å²) in [6.07, 6.45) is 1.08. The number of ether oxygens (including phenoxy) is 3. The third kappa shape index (κ3) is 6.22. The summed E-state index contributed by atoms with van der Waals surface area (Å²) in [5.41, 5.74) is 8.88. The first-order chi connectivity index (χ1) is 12.2. The highest BCUT2D eigenvalue weighted by atomic mass is 16.6. The predicted octanol–water partition coefficient (Wildman–Crippen LogP) is 5.02. The Morgan fingerprint density at radius 1 is 0.720 bits per heavy atom. The Labute approximate surface area is 151 Å². The summed E-state index contributed by atoms with van der Waals surface area (Å²) in [4.78, 5) is 0. The fourth-order valence-electron chi connectivity index (χ4n) is 2.33. The van der Waals surface area contributed by atoms with Gasteiger partial charge in [-0.25, -0.2) is 0 Å². The zero-order valence-corrected chi connectivity index (χ0v) is 16.1. The largest absolute Gasteiger partial charge is 0.493 e. The lowest BCUT2D eigenvalue weighted by molar-refractivity contribution is 0.171. The van der Waals surface area contributed by atoms with E-state index in [-0.39, 0.29) is 0 Å². The molecule has 0 aliphatic carbocycles. The number of hydrogen-bond acceptors (Lipinski definition) is 4. The number of anilines is 1. The quantitative estimate of drug-likeness (QED) is 0.681. The van der Waals surface area contributed by atoms with E-state index in [1.807, 2.05) is 33.8 Å². The lowest BCUT2D eigenvalue weighted by Crippen LogP contribution is -2.15. The van der Waals surface area contributed by atoms with Crippen molar-refractivity contribution in [1.29, 1.82) is 0 Å². The molecule has 0 spiro atoms. The second kappa shape index (κ2) is 11.2. The molecule has 2 aliphatic rings. The summed E-state index contributed by atoms with van der Waals surface area (Å²) in [5, 5.41) is 0. The van der Waals surface area contributed by atoms with E-state index < -0.39 is 0 Å². The molecule has 2 N–H and O–H groups in total. The van der Waals surface area contributed by atoms with E-state index in [0.717, 1.165) is 30.3 Å². The predicted molar refractivity (Wildman–Crippen MR) is 105 cm³/mol. The Morgan fingerprint density at radius 3 is 2.08 bits per heavy atom. The van der Waals surface area contributed by atoms with Crippen molar-refractivity contribution in [3.05, 3.63) is 47.5 Å². The highest BCUT2D eigenvalue weighted by Crippen LogP contribution is 2.31. The van der Waals surface area contributed by atoms with Crippen molar-refractivity contribution in [2.75, 3.05) is 25.6 Å². The topological polar surface area (TPSA) is 53.7 Å². The van der Waals surface area contributed by atoms with Gasteiger partial charge in [-0.05, 0) is 36.2 Å². The van der Waals surface area contributed by atoms with Crippen molar-refractivity contribution >= 4 is 5.69 Å². The zero-order chi connectivity index (χ0) is 18.7. The minimum atomic E-state index is 0.608. The van der Waals surface area contributed by atoms with Gasteiger partial charge in [0, 0.05) is 18.2 Å². The first kappa shape index (κ1) is 20.7. The van der Waals surface area contributed by atoms with Crippen LogP contribution in [0, 0.1) is 6.92 Å². The van der Waals surface area contributed by atoms with E-state index >= 15 is 0 Å². The van der Waals surface area contributed by atoms with Crippen LogP contribution in [0.2, 0.25) is 0 Å². The molecule has 25 heavy (non-hydrogen) atoms. The smallest absolute Gasteiger partial charge is 0.163 e. The Balaban J connectivity index is 0.000000210. The molecule has 4 nitrogen and oxygen atoms in total. The molecule has 0 saturated carbocycles. The minimum absolute atomic E-state index is 0.608. The van der Waals surface area contributed by atoms with E-state index in [4.69, 9.17) is 19.9 Å². The minimum Gasteiger partial charge on any atom is -0.493 e. The third-order valence-corrected chi connectivity index (χ3v) is 3.42. The average molecular weight is 345 g/mol. The normalized spacial score (nSPS) is 12.7. The van der Waals surface area contributed by atoms with Crippen molar-refractivity contribution in [3.63, 3.8) is 0 Å². The average Bonchev–Trinajstić information content (AvgIpc) is 3.13. The Kier molecular flexibility index (Phi) is 9.30. The molecule has 2 aliphatic heterocycles. The van der Waals surface area contributed by atoms with Gasteiger partial charge in [-0.3, -0.25) is 0 Å². The molecule has 4 rings (SSSR count). The zero-order valence-electron chi connectivity index (χ0n) is 16.1. The highest BCUT2D eigenvalue weighted by molar-refractivity contribution is 5.52.